The molecule has 2 atom stereocenters. The number of ether oxygens (including phenoxy) is 1. The first-order valence-corrected chi connectivity index (χ1v) is 11.0. The topological polar surface area (TPSA) is 85.0 Å². The number of likely N-dealkylation sites (N-methyl/N-ethyl adjacent to an activating group) is 1. The van der Waals surface area contributed by atoms with Crippen LogP contribution >= 0.6 is 0 Å². The predicted octanol–water partition coefficient (Wildman–Crippen LogP) is 1.96. The van der Waals surface area contributed by atoms with Crippen LogP contribution in [0.25, 0.3) is 0 Å². The highest BCUT2D eigenvalue weighted by molar-refractivity contribution is 6.69. The number of nitrogens with two attached hydrogens (primary N) is 1. The lowest BCUT2D eigenvalue weighted by Crippen LogP contribution is -2.50. The van der Waals surface area contributed by atoms with Crippen LogP contribution in [0.1, 0.15) is 19.3 Å². The van der Waals surface area contributed by atoms with Gasteiger partial charge in [-0.05, 0) is 44.8 Å². The Labute approximate surface area is 128 Å². The van der Waals surface area contributed by atoms with Crippen LogP contribution < -0.4 is 5.73 Å². The summed E-state index contributed by atoms with van der Waals surface area (Å²) in [5.74, 6) is 0.552. The summed E-state index contributed by atoms with van der Waals surface area (Å²) >= 11 is 0. The molecule has 1 amide bonds. The van der Waals surface area contributed by atoms with Gasteiger partial charge in [0.05, 0.1) is 12.6 Å². The third-order valence-electron chi connectivity index (χ3n) is 3.71. The molecule has 0 aliphatic carbocycles. The van der Waals surface area contributed by atoms with E-state index in [0.717, 1.165) is 32.5 Å². The summed E-state index contributed by atoms with van der Waals surface area (Å²) in [5.41, 5.74) is 6.34. The highest BCUT2D eigenvalue weighted by Crippen LogP contribution is 2.22. The smallest absolute Gasteiger partial charge is 0.407 e. The largest absolute Gasteiger partial charge is 0.465 e. The molecule has 1 fully saturated rings. The molecule has 0 unspecified atom stereocenters. The summed E-state index contributed by atoms with van der Waals surface area (Å²) in [6, 6.07) is -0.137. The standard InChI is InChI=1S/C14H30N2O4Si/c1-16(14(17)18)10-13(20-21(2,3)4)12(15)9-11-5-7-19-8-6-11/h11-13H,5-10,15H2,1-4H3,(H,17,18)/t12-,13+/m0/s1. The lowest BCUT2D eigenvalue weighted by atomic mass is 9.90. The molecule has 1 rings (SSSR count). The predicted molar refractivity (Wildman–Crippen MR) is 85.0 cm³/mol. The van der Waals surface area contributed by atoms with E-state index >= 15 is 0 Å². The Hall–Kier alpha value is -0.633. The van der Waals surface area contributed by atoms with Crippen molar-refractivity contribution in [2.75, 3.05) is 26.8 Å². The molecular formula is C14H30N2O4Si. The maximum absolute atomic E-state index is 11.0. The monoisotopic (exact) mass is 318 g/mol. The summed E-state index contributed by atoms with van der Waals surface area (Å²) < 4.78 is 11.5. The molecule has 21 heavy (non-hydrogen) atoms. The lowest BCUT2D eigenvalue weighted by Gasteiger charge is -2.35. The third-order valence-corrected chi connectivity index (χ3v) is 4.72. The molecule has 0 spiro atoms. The Morgan fingerprint density at radius 1 is 1.43 bits per heavy atom. The van der Waals surface area contributed by atoms with Crippen molar-refractivity contribution in [1.29, 1.82) is 0 Å². The zero-order chi connectivity index (χ0) is 16.0. The second-order valence-corrected chi connectivity index (χ2v) is 11.3. The van der Waals surface area contributed by atoms with Gasteiger partial charge in [-0.25, -0.2) is 4.79 Å². The Balaban J connectivity index is 2.62. The van der Waals surface area contributed by atoms with Crippen LogP contribution in [0.2, 0.25) is 19.6 Å². The van der Waals surface area contributed by atoms with Crippen molar-refractivity contribution in [2.45, 2.75) is 51.0 Å². The molecular weight excluding hydrogens is 288 g/mol. The quantitative estimate of drug-likeness (QED) is 0.701. The first-order chi connectivity index (χ1) is 9.69. The van der Waals surface area contributed by atoms with Crippen LogP contribution in [0.15, 0.2) is 0 Å². The van der Waals surface area contributed by atoms with Gasteiger partial charge in [0.25, 0.3) is 0 Å². The van der Waals surface area contributed by atoms with Crippen LogP contribution in [0.3, 0.4) is 0 Å². The number of nitrogens with zero attached hydrogens (tertiary/aromatic N) is 1. The van der Waals surface area contributed by atoms with Gasteiger partial charge < -0.3 is 24.9 Å². The molecule has 0 aromatic heterocycles. The zero-order valence-corrected chi connectivity index (χ0v) is 14.7. The van der Waals surface area contributed by atoms with Crippen molar-refractivity contribution in [3.05, 3.63) is 0 Å². The fourth-order valence-electron chi connectivity index (χ4n) is 2.58. The van der Waals surface area contributed by atoms with Gasteiger partial charge in [-0.3, -0.25) is 0 Å². The molecule has 124 valence electrons. The zero-order valence-electron chi connectivity index (χ0n) is 13.7. The molecule has 1 saturated heterocycles. The highest BCUT2D eigenvalue weighted by atomic mass is 28.4. The second-order valence-electron chi connectivity index (χ2n) is 6.89. The normalized spacial score (nSPS) is 20.0. The Bertz CT molecular complexity index is 329. The van der Waals surface area contributed by atoms with E-state index in [4.69, 9.17) is 20.0 Å². The molecule has 1 aliphatic rings. The number of amides is 1. The van der Waals surface area contributed by atoms with Crippen LogP contribution in [-0.2, 0) is 9.16 Å². The number of hydrogen-bond donors (Lipinski definition) is 2. The van der Waals surface area contributed by atoms with Crippen LogP contribution in [0.5, 0.6) is 0 Å². The summed E-state index contributed by atoms with van der Waals surface area (Å²) in [6.07, 6.45) is 1.74. The maximum atomic E-state index is 11.0. The first kappa shape index (κ1) is 18.4. The van der Waals surface area contributed by atoms with Crippen LogP contribution in [0, 0.1) is 5.92 Å². The van der Waals surface area contributed by atoms with Gasteiger partial charge in [0.15, 0.2) is 8.32 Å². The maximum Gasteiger partial charge on any atom is 0.407 e. The molecule has 1 heterocycles. The highest BCUT2D eigenvalue weighted by Gasteiger charge is 2.30. The Morgan fingerprint density at radius 2 is 2.00 bits per heavy atom. The fourth-order valence-corrected chi connectivity index (χ4v) is 3.74. The molecule has 3 N–H and O–H groups in total. The number of carboxylic acid groups (broad SMARTS) is 1. The van der Waals surface area contributed by atoms with E-state index in [1.807, 2.05) is 0 Å². The van der Waals surface area contributed by atoms with Gasteiger partial charge in [-0.1, -0.05) is 0 Å². The van der Waals surface area contributed by atoms with Gasteiger partial charge in [0.1, 0.15) is 0 Å². The molecule has 0 saturated carbocycles. The minimum atomic E-state index is -1.77. The third kappa shape index (κ3) is 7.26. The van der Waals surface area contributed by atoms with Gasteiger partial charge in [-0.2, -0.15) is 0 Å². The van der Waals surface area contributed by atoms with E-state index in [-0.39, 0.29) is 12.1 Å². The molecule has 0 radical (unpaired) electrons. The van der Waals surface area contributed by atoms with Crippen molar-refractivity contribution >= 4 is 14.4 Å². The molecule has 6 nitrogen and oxygen atoms in total. The summed E-state index contributed by atoms with van der Waals surface area (Å²) in [6.45, 7) is 8.22. The molecule has 7 heteroatoms. The number of carbonyl (C=O) groups is 1. The minimum absolute atomic E-state index is 0.137. The van der Waals surface area contributed by atoms with E-state index in [0.29, 0.717) is 12.5 Å². The number of hydrogen-bond acceptors (Lipinski definition) is 4. The van der Waals surface area contributed by atoms with E-state index in [1.165, 1.54) is 4.90 Å². The van der Waals surface area contributed by atoms with Crippen molar-refractivity contribution in [3.63, 3.8) is 0 Å². The molecule has 0 aromatic carbocycles. The second kappa shape index (κ2) is 8.12. The van der Waals surface area contributed by atoms with Crippen molar-refractivity contribution in [3.8, 4) is 0 Å². The SMILES string of the molecule is CN(C[C@@H](O[Si](C)(C)C)[C@@H](N)CC1CCOCC1)C(=O)O. The molecule has 0 aromatic rings. The van der Waals surface area contributed by atoms with Crippen LogP contribution in [0.4, 0.5) is 4.79 Å². The molecule has 0 bridgehead atoms. The van der Waals surface area contributed by atoms with Gasteiger partial charge >= 0.3 is 6.09 Å². The summed E-state index contributed by atoms with van der Waals surface area (Å²) in [7, 11) is -0.215. The van der Waals surface area contributed by atoms with E-state index in [1.54, 1.807) is 7.05 Å². The average Bonchev–Trinajstić information content (AvgIpc) is 2.37. The first-order valence-electron chi connectivity index (χ1n) is 7.64. The fraction of sp³-hybridized carbons (Fsp3) is 0.929. The van der Waals surface area contributed by atoms with Crippen molar-refractivity contribution in [1.82, 2.24) is 4.90 Å². The van der Waals surface area contributed by atoms with Gasteiger partial charge in [0, 0.05) is 26.3 Å². The van der Waals surface area contributed by atoms with E-state index in [2.05, 4.69) is 19.6 Å². The molecule has 1 aliphatic heterocycles. The van der Waals surface area contributed by atoms with E-state index in [9.17, 15) is 4.79 Å². The van der Waals surface area contributed by atoms with Gasteiger partial charge in [-0.15, -0.1) is 0 Å². The Kier molecular flexibility index (Phi) is 7.12. The average molecular weight is 318 g/mol. The summed E-state index contributed by atoms with van der Waals surface area (Å²) in [5, 5.41) is 9.06. The van der Waals surface area contributed by atoms with E-state index < -0.39 is 14.4 Å². The van der Waals surface area contributed by atoms with Gasteiger partial charge in [0.2, 0.25) is 0 Å². The number of rotatable bonds is 7. The summed E-state index contributed by atoms with van der Waals surface area (Å²) in [4.78, 5) is 12.3. The Morgan fingerprint density at radius 3 is 2.48 bits per heavy atom. The lowest BCUT2D eigenvalue weighted by molar-refractivity contribution is 0.0501. The van der Waals surface area contributed by atoms with Crippen molar-refractivity contribution in [2.24, 2.45) is 11.7 Å². The minimum Gasteiger partial charge on any atom is -0.465 e. The van der Waals surface area contributed by atoms with Crippen LogP contribution in [-0.4, -0.2) is 63.4 Å². The van der Waals surface area contributed by atoms with Crippen molar-refractivity contribution < 1.29 is 19.1 Å².